The minimum Gasteiger partial charge on any atom is -0.452 e. The molecular weight excluding hydrogens is 372 g/mol. The summed E-state index contributed by atoms with van der Waals surface area (Å²) >= 11 is 0. The summed E-state index contributed by atoms with van der Waals surface area (Å²) in [5, 5.41) is 0. The number of nitrogens with zero attached hydrogens (tertiary/aromatic N) is 1. The molecule has 0 unspecified atom stereocenters. The third-order valence-electron chi connectivity index (χ3n) is 3.75. The molecule has 26 heavy (non-hydrogen) atoms. The van der Waals surface area contributed by atoms with Gasteiger partial charge in [0.15, 0.2) is 6.61 Å². The number of ether oxygens (including phenoxy) is 2. The number of hydrogen-bond donors (Lipinski definition) is 0. The highest BCUT2D eigenvalue weighted by Crippen LogP contribution is 2.19. The van der Waals surface area contributed by atoms with Gasteiger partial charge in [0.05, 0.1) is 22.7 Å². The molecule has 1 amide bonds. The fourth-order valence-corrected chi connectivity index (χ4v) is 3.29. The Kier molecular flexibility index (Phi) is 6.30. The van der Waals surface area contributed by atoms with Crippen LogP contribution in [0.3, 0.4) is 0 Å². The third kappa shape index (κ3) is 4.76. The van der Waals surface area contributed by atoms with E-state index in [0.717, 1.165) is 24.3 Å². The van der Waals surface area contributed by atoms with E-state index in [1.807, 2.05) is 13.8 Å². The summed E-state index contributed by atoms with van der Waals surface area (Å²) in [6.45, 7) is 3.96. The van der Waals surface area contributed by atoms with Crippen LogP contribution in [0.2, 0.25) is 0 Å². The molecule has 2 atom stereocenters. The number of rotatable bonds is 5. The maximum Gasteiger partial charge on any atom is 0.341 e. The van der Waals surface area contributed by atoms with Crippen molar-refractivity contribution in [2.24, 2.45) is 0 Å². The van der Waals surface area contributed by atoms with E-state index in [1.165, 1.54) is 4.90 Å². The number of carbonyl (C=O) groups excluding carboxylic acids is 2. The van der Waals surface area contributed by atoms with Gasteiger partial charge in [-0.1, -0.05) is 0 Å². The van der Waals surface area contributed by atoms with E-state index in [1.54, 1.807) is 0 Å². The molecular formula is C16H19F2NO6S. The highest BCUT2D eigenvalue weighted by atomic mass is 32.2. The van der Waals surface area contributed by atoms with E-state index >= 15 is 0 Å². The van der Waals surface area contributed by atoms with Crippen molar-refractivity contribution in [2.75, 3.05) is 19.7 Å². The van der Waals surface area contributed by atoms with Crippen LogP contribution >= 0.6 is 0 Å². The first-order valence-corrected chi connectivity index (χ1v) is 9.38. The summed E-state index contributed by atoms with van der Waals surface area (Å²) in [6, 6.07) is 3.90. The molecule has 0 spiro atoms. The summed E-state index contributed by atoms with van der Waals surface area (Å²) in [5.74, 6) is -4.78. The third-order valence-corrected chi connectivity index (χ3v) is 5.15. The minimum absolute atomic E-state index is 0.0465. The number of morpholine rings is 1. The first-order chi connectivity index (χ1) is 12.1. The molecule has 1 aliphatic heterocycles. The number of carbonyl (C=O) groups is 2. The van der Waals surface area contributed by atoms with Crippen LogP contribution in [0, 0.1) is 0 Å². The molecule has 2 rings (SSSR count). The summed E-state index contributed by atoms with van der Waals surface area (Å²) in [5.41, 5.74) is -0.0465. The zero-order valence-corrected chi connectivity index (χ0v) is 15.0. The van der Waals surface area contributed by atoms with Gasteiger partial charge in [-0.3, -0.25) is 4.79 Å². The molecule has 0 N–H and O–H groups in total. The average Bonchev–Trinajstić information content (AvgIpc) is 2.58. The lowest BCUT2D eigenvalue weighted by molar-refractivity contribution is -0.146. The number of sulfone groups is 1. The summed E-state index contributed by atoms with van der Waals surface area (Å²) in [6.07, 6.45) is -0.245. The molecule has 1 aliphatic rings. The summed E-state index contributed by atoms with van der Waals surface area (Å²) in [4.78, 5) is 25.0. The van der Waals surface area contributed by atoms with Crippen molar-refractivity contribution >= 4 is 21.7 Å². The highest BCUT2D eigenvalue weighted by molar-refractivity contribution is 7.91. The fourth-order valence-electron chi connectivity index (χ4n) is 2.57. The maximum absolute atomic E-state index is 12.5. The SMILES string of the molecule is C[C@H]1CN(C(=O)COC(=O)c2ccc(S(=O)(=O)C(F)F)cc2)C[C@H](C)O1. The van der Waals surface area contributed by atoms with Gasteiger partial charge >= 0.3 is 11.7 Å². The molecule has 1 aromatic rings. The van der Waals surface area contributed by atoms with Crippen LogP contribution in [0.15, 0.2) is 29.2 Å². The van der Waals surface area contributed by atoms with E-state index < -0.39 is 33.1 Å². The van der Waals surface area contributed by atoms with Gasteiger partial charge in [-0.15, -0.1) is 0 Å². The zero-order chi connectivity index (χ0) is 19.5. The summed E-state index contributed by atoms with van der Waals surface area (Å²) in [7, 11) is -4.73. The van der Waals surface area contributed by atoms with E-state index in [9.17, 15) is 26.8 Å². The van der Waals surface area contributed by atoms with E-state index in [-0.39, 0.29) is 23.7 Å². The van der Waals surface area contributed by atoms with Crippen LogP contribution in [0.1, 0.15) is 24.2 Å². The number of hydrogen-bond acceptors (Lipinski definition) is 6. The van der Waals surface area contributed by atoms with E-state index in [0.29, 0.717) is 13.1 Å². The Labute approximate surface area is 149 Å². The number of esters is 1. The minimum atomic E-state index is -4.73. The smallest absolute Gasteiger partial charge is 0.341 e. The van der Waals surface area contributed by atoms with Gasteiger partial charge in [0, 0.05) is 13.1 Å². The largest absolute Gasteiger partial charge is 0.452 e. The Hall–Kier alpha value is -2.07. The van der Waals surface area contributed by atoms with Gasteiger partial charge in [0.25, 0.3) is 5.91 Å². The first kappa shape index (κ1) is 20.2. The van der Waals surface area contributed by atoms with Gasteiger partial charge in [0.2, 0.25) is 9.84 Å². The lowest BCUT2D eigenvalue weighted by Crippen LogP contribution is -2.49. The van der Waals surface area contributed by atoms with Crippen molar-refractivity contribution < 1.29 is 36.3 Å². The van der Waals surface area contributed by atoms with Gasteiger partial charge in [-0.25, -0.2) is 13.2 Å². The molecule has 1 heterocycles. The first-order valence-electron chi connectivity index (χ1n) is 7.83. The number of benzene rings is 1. The van der Waals surface area contributed by atoms with Crippen molar-refractivity contribution in [3.63, 3.8) is 0 Å². The van der Waals surface area contributed by atoms with Crippen LogP contribution in [0.5, 0.6) is 0 Å². The number of halogens is 2. The lowest BCUT2D eigenvalue weighted by atomic mass is 10.2. The molecule has 0 bridgehead atoms. The Bertz CT molecular complexity index is 755. The Morgan fingerprint density at radius 2 is 1.73 bits per heavy atom. The molecule has 0 radical (unpaired) electrons. The quantitative estimate of drug-likeness (QED) is 0.707. The molecule has 0 saturated carbocycles. The van der Waals surface area contributed by atoms with Gasteiger partial charge in [-0.05, 0) is 38.1 Å². The van der Waals surface area contributed by atoms with Gasteiger partial charge < -0.3 is 14.4 Å². The second kappa shape index (κ2) is 8.09. The number of amides is 1. The second-order valence-electron chi connectivity index (χ2n) is 5.96. The lowest BCUT2D eigenvalue weighted by Gasteiger charge is -2.35. The van der Waals surface area contributed by atoms with E-state index in [4.69, 9.17) is 9.47 Å². The fraction of sp³-hybridized carbons (Fsp3) is 0.500. The van der Waals surface area contributed by atoms with Crippen molar-refractivity contribution in [1.29, 1.82) is 0 Å². The van der Waals surface area contributed by atoms with Crippen LogP contribution in [0.4, 0.5) is 8.78 Å². The zero-order valence-electron chi connectivity index (χ0n) is 14.2. The molecule has 10 heteroatoms. The molecule has 0 aromatic heterocycles. The molecule has 1 aromatic carbocycles. The molecule has 0 aliphatic carbocycles. The van der Waals surface area contributed by atoms with Crippen LogP contribution in [0.25, 0.3) is 0 Å². The van der Waals surface area contributed by atoms with Crippen LogP contribution < -0.4 is 0 Å². The van der Waals surface area contributed by atoms with Crippen molar-refractivity contribution in [1.82, 2.24) is 4.90 Å². The van der Waals surface area contributed by atoms with Crippen molar-refractivity contribution in [3.05, 3.63) is 29.8 Å². The molecule has 1 saturated heterocycles. The van der Waals surface area contributed by atoms with Crippen molar-refractivity contribution in [2.45, 2.75) is 36.7 Å². The predicted molar refractivity (Wildman–Crippen MR) is 86.5 cm³/mol. The standard InChI is InChI=1S/C16H19F2NO6S/c1-10-7-19(8-11(2)25-10)14(20)9-24-15(21)12-3-5-13(6-4-12)26(22,23)16(17)18/h3-6,10-11,16H,7-9H2,1-2H3/t10-,11-/m0/s1. The monoisotopic (exact) mass is 391 g/mol. The molecule has 7 nitrogen and oxygen atoms in total. The topological polar surface area (TPSA) is 90.0 Å². The number of alkyl halides is 2. The maximum atomic E-state index is 12.5. The highest BCUT2D eigenvalue weighted by Gasteiger charge is 2.28. The molecule has 1 fully saturated rings. The van der Waals surface area contributed by atoms with Gasteiger partial charge in [-0.2, -0.15) is 8.78 Å². The van der Waals surface area contributed by atoms with Crippen LogP contribution in [-0.4, -0.2) is 62.9 Å². The average molecular weight is 391 g/mol. The predicted octanol–water partition coefficient (Wildman–Crippen LogP) is 1.48. The van der Waals surface area contributed by atoms with E-state index in [2.05, 4.69) is 0 Å². The van der Waals surface area contributed by atoms with Crippen LogP contribution in [-0.2, 0) is 24.1 Å². The Morgan fingerprint density at radius 3 is 2.23 bits per heavy atom. The Morgan fingerprint density at radius 1 is 1.19 bits per heavy atom. The van der Waals surface area contributed by atoms with Crippen molar-refractivity contribution in [3.8, 4) is 0 Å². The molecule has 144 valence electrons. The Balaban J connectivity index is 1.95. The summed E-state index contributed by atoms with van der Waals surface area (Å²) < 4.78 is 58.0. The second-order valence-corrected chi connectivity index (χ2v) is 7.88. The van der Waals surface area contributed by atoms with Gasteiger partial charge in [0.1, 0.15) is 0 Å². The normalized spacial score (nSPS) is 20.9.